The minimum atomic E-state index is -0.239. The fourth-order valence-electron chi connectivity index (χ4n) is 4.04. The Bertz CT molecular complexity index is 1270. The Morgan fingerprint density at radius 1 is 1.10 bits per heavy atom. The van der Waals surface area contributed by atoms with E-state index in [0.29, 0.717) is 0 Å². The molecule has 0 unspecified atom stereocenters. The highest BCUT2D eigenvalue weighted by Gasteiger charge is 2.18. The third-order valence-corrected chi connectivity index (χ3v) is 5.58. The van der Waals surface area contributed by atoms with Crippen LogP contribution in [0.2, 0.25) is 0 Å². The molecule has 0 N–H and O–H groups in total. The van der Waals surface area contributed by atoms with Crippen LogP contribution in [0.3, 0.4) is 0 Å². The number of imidazole rings is 2. The molecule has 2 aromatic carbocycles. The summed E-state index contributed by atoms with van der Waals surface area (Å²) in [5.74, 6) is 1.52. The van der Waals surface area contributed by atoms with Crippen LogP contribution in [0, 0.1) is 12.7 Å². The number of ether oxygens (including phenoxy) is 1. The van der Waals surface area contributed by atoms with Crippen molar-refractivity contribution in [2.45, 2.75) is 26.3 Å². The van der Waals surface area contributed by atoms with E-state index in [1.807, 2.05) is 29.8 Å². The number of rotatable bonds is 4. The van der Waals surface area contributed by atoms with E-state index in [9.17, 15) is 4.39 Å². The first-order chi connectivity index (χ1) is 15.1. The van der Waals surface area contributed by atoms with Crippen LogP contribution >= 0.6 is 0 Å². The van der Waals surface area contributed by atoms with Crippen LogP contribution in [-0.2, 0) is 6.54 Å². The Kier molecular flexibility index (Phi) is 4.90. The molecule has 4 aromatic rings. The first-order valence-electron chi connectivity index (χ1n) is 10.3. The molecule has 0 aliphatic carbocycles. The number of hydrogen-bond acceptors (Lipinski definition) is 3. The molecule has 0 spiro atoms. The molecular formula is C25H23FN4O. The average Bonchev–Trinajstić information content (AvgIpc) is 3.41. The second-order valence-electron chi connectivity index (χ2n) is 7.78. The van der Waals surface area contributed by atoms with Crippen molar-refractivity contribution < 1.29 is 9.13 Å². The number of benzene rings is 2. The zero-order valence-electron chi connectivity index (χ0n) is 17.5. The van der Waals surface area contributed by atoms with Crippen LogP contribution in [0.4, 0.5) is 4.39 Å². The fourth-order valence-corrected chi connectivity index (χ4v) is 4.04. The number of aromatic nitrogens is 4. The maximum atomic E-state index is 13.3. The summed E-state index contributed by atoms with van der Waals surface area (Å²) < 4.78 is 23.1. The van der Waals surface area contributed by atoms with Crippen LogP contribution in [0.25, 0.3) is 28.6 Å². The number of nitrogens with zero attached hydrogens (tertiary/aromatic N) is 4. The number of hydrogen-bond donors (Lipinski definition) is 0. The smallest absolute Gasteiger partial charge is 0.143 e. The van der Waals surface area contributed by atoms with Gasteiger partial charge in [-0.2, -0.15) is 0 Å². The summed E-state index contributed by atoms with van der Waals surface area (Å²) in [6.45, 7) is 2.90. The van der Waals surface area contributed by atoms with Crippen molar-refractivity contribution in [3.05, 3.63) is 84.1 Å². The van der Waals surface area contributed by atoms with Crippen LogP contribution in [0.15, 0.2) is 61.2 Å². The van der Waals surface area contributed by atoms with E-state index in [2.05, 4.69) is 27.9 Å². The van der Waals surface area contributed by atoms with Gasteiger partial charge in [0.2, 0.25) is 0 Å². The summed E-state index contributed by atoms with van der Waals surface area (Å²) in [5, 5.41) is 0. The first-order valence-corrected chi connectivity index (χ1v) is 10.3. The van der Waals surface area contributed by atoms with Crippen molar-refractivity contribution in [1.29, 1.82) is 0 Å². The lowest BCUT2D eigenvalue weighted by atomic mass is 10.0. The van der Waals surface area contributed by atoms with Crippen molar-refractivity contribution in [2.75, 3.05) is 7.11 Å². The van der Waals surface area contributed by atoms with Crippen LogP contribution in [0.5, 0.6) is 5.75 Å². The summed E-state index contributed by atoms with van der Waals surface area (Å²) in [6.07, 6.45) is 10.0. The molecule has 1 aliphatic heterocycles. The molecule has 156 valence electrons. The van der Waals surface area contributed by atoms with Crippen molar-refractivity contribution >= 4 is 11.6 Å². The van der Waals surface area contributed by atoms with Crippen molar-refractivity contribution in [2.24, 2.45) is 0 Å². The van der Waals surface area contributed by atoms with Gasteiger partial charge in [-0.3, -0.25) is 0 Å². The Morgan fingerprint density at radius 2 is 1.94 bits per heavy atom. The van der Waals surface area contributed by atoms with Gasteiger partial charge in [-0.15, -0.1) is 0 Å². The fraction of sp³-hybridized carbons (Fsp3) is 0.200. The number of allylic oxidation sites excluding steroid dienone is 1. The predicted molar refractivity (Wildman–Crippen MR) is 120 cm³/mol. The highest BCUT2D eigenvalue weighted by Crippen LogP contribution is 2.32. The van der Waals surface area contributed by atoms with E-state index in [0.717, 1.165) is 59.2 Å². The van der Waals surface area contributed by atoms with Gasteiger partial charge in [0.05, 0.1) is 30.5 Å². The van der Waals surface area contributed by atoms with Crippen molar-refractivity contribution in [3.8, 4) is 22.7 Å². The van der Waals surface area contributed by atoms with Gasteiger partial charge >= 0.3 is 0 Å². The van der Waals surface area contributed by atoms with Gasteiger partial charge in [-0.05, 0) is 73.4 Å². The molecule has 0 fully saturated rings. The van der Waals surface area contributed by atoms with E-state index < -0.39 is 0 Å². The molecule has 3 heterocycles. The lowest BCUT2D eigenvalue weighted by molar-refractivity contribution is 0.413. The molecule has 31 heavy (non-hydrogen) atoms. The molecule has 0 saturated heterocycles. The molecule has 5 nitrogen and oxygen atoms in total. The minimum Gasteiger partial charge on any atom is -0.495 e. The highest BCUT2D eigenvalue weighted by molar-refractivity contribution is 5.81. The maximum absolute atomic E-state index is 13.3. The van der Waals surface area contributed by atoms with Gasteiger partial charge in [0.1, 0.15) is 17.4 Å². The summed E-state index contributed by atoms with van der Waals surface area (Å²) in [7, 11) is 1.68. The SMILES string of the molecule is COc1cc(C=C2CCCn3cc(-c4ccc(F)cc4)nc32)ccc1-n1cnc(C)c1. The molecule has 0 amide bonds. The van der Waals surface area contributed by atoms with E-state index >= 15 is 0 Å². The third kappa shape index (κ3) is 3.77. The van der Waals surface area contributed by atoms with Gasteiger partial charge in [0.15, 0.2) is 0 Å². The lowest BCUT2D eigenvalue weighted by Gasteiger charge is -2.17. The molecule has 6 heteroatoms. The lowest BCUT2D eigenvalue weighted by Crippen LogP contribution is -2.08. The number of fused-ring (bicyclic) bond motifs is 1. The second-order valence-corrected chi connectivity index (χ2v) is 7.78. The topological polar surface area (TPSA) is 44.9 Å². The monoisotopic (exact) mass is 414 g/mol. The molecule has 2 aromatic heterocycles. The van der Waals surface area contributed by atoms with Crippen molar-refractivity contribution in [3.63, 3.8) is 0 Å². The standard InChI is InChI=1S/C25H23FN4O/c1-17-14-30(16-27-17)23-10-5-18(13-24(23)31-2)12-20-4-3-11-29-15-22(28-25(20)29)19-6-8-21(26)9-7-19/h5-10,12-16H,3-4,11H2,1-2H3. The molecule has 0 atom stereocenters. The number of aryl methyl sites for hydroxylation is 2. The zero-order valence-corrected chi connectivity index (χ0v) is 17.5. The number of halogens is 1. The van der Waals surface area contributed by atoms with Gasteiger partial charge in [-0.25, -0.2) is 14.4 Å². The quantitative estimate of drug-likeness (QED) is 0.441. The first kappa shape index (κ1) is 19.3. The molecule has 1 aliphatic rings. The second kappa shape index (κ2) is 7.87. The Balaban J connectivity index is 1.50. The molecule has 0 radical (unpaired) electrons. The summed E-state index contributed by atoms with van der Waals surface area (Å²) in [6, 6.07) is 12.7. The van der Waals surface area contributed by atoms with E-state index in [1.165, 1.54) is 17.7 Å². The Labute approximate surface area is 180 Å². The van der Waals surface area contributed by atoms with Gasteiger partial charge in [0, 0.05) is 24.5 Å². The van der Waals surface area contributed by atoms with Gasteiger partial charge < -0.3 is 13.9 Å². The van der Waals surface area contributed by atoms with Crippen molar-refractivity contribution in [1.82, 2.24) is 19.1 Å². The molecule has 0 bridgehead atoms. The zero-order chi connectivity index (χ0) is 21.4. The molecule has 0 saturated carbocycles. The normalized spacial score (nSPS) is 14.6. The maximum Gasteiger partial charge on any atom is 0.143 e. The molecular weight excluding hydrogens is 391 g/mol. The summed E-state index contributed by atoms with van der Waals surface area (Å²) in [5.41, 5.74) is 5.95. The largest absolute Gasteiger partial charge is 0.495 e. The minimum absolute atomic E-state index is 0.239. The third-order valence-electron chi connectivity index (χ3n) is 5.58. The van der Waals surface area contributed by atoms with Crippen LogP contribution in [0.1, 0.15) is 29.9 Å². The Hall–Kier alpha value is -3.67. The van der Waals surface area contributed by atoms with Gasteiger partial charge in [-0.1, -0.05) is 6.07 Å². The van der Waals surface area contributed by atoms with Crippen LogP contribution in [-0.4, -0.2) is 26.2 Å². The predicted octanol–water partition coefficient (Wildman–Crippen LogP) is 5.53. The van der Waals surface area contributed by atoms with E-state index in [-0.39, 0.29) is 5.82 Å². The van der Waals surface area contributed by atoms with E-state index in [1.54, 1.807) is 25.6 Å². The number of methoxy groups -OCH3 is 1. The van der Waals surface area contributed by atoms with Gasteiger partial charge in [0.25, 0.3) is 0 Å². The van der Waals surface area contributed by atoms with Crippen LogP contribution < -0.4 is 4.74 Å². The summed E-state index contributed by atoms with van der Waals surface area (Å²) in [4.78, 5) is 9.17. The Morgan fingerprint density at radius 3 is 2.68 bits per heavy atom. The summed E-state index contributed by atoms with van der Waals surface area (Å²) >= 11 is 0. The highest BCUT2D eigenvalue weighted by atomic mass is 19.1. The van der Waals surface area contributed by atoms with E-state index in [4.69, 9.17) is 9.72 Å². The average molecular weight is 414 g/mol. The molecule has 5 rings (SSSR count).